The highest BCUT2D eigenvalue weighted by Gasteiger charge is 2.31. The highest BCUT2D eigenvalue weighted by atomic mass is 79.9. The Bertz CT molecular complexity index is 423. The van der Waals surface area contributed by atoms with Gasteiger partial charge in [-0.2, -0.15) is 0 Å². The maximum absolute atomic E-state index is 12.1. The predicted molar refractivity (Wildman–Crippen MR) is 78.1 cm³/mol. The number of anilines is 1. The number of alkyl halides is 3. The van der Waals surface area contributed by atoms with Crippen molar-refractivity contribution in [1.29, 1.82) is 0 Å². The van der Waals surface area contributed by atoms with Crippen molar-refractivity contribution in [3.63, 3.8) is 0 Å². The molecule has 0 amide bonds. The normalized spacial score (nSPS) is 13.1. The molecular formula is C14H19BrF3NO. The number of halogens is 4. The van der Waals surface area contributed by atoms with Crippen LogP contribution in [0.5, 0.6) is 5.75 Å². The van der Waals surface area contributed by atoms with Crippen LogP contribution in [0.2, 0.25) is 0 Å². The molecule has 0 radical (unpaired) electrons. The van der Waals surface area contributed by atoms with Gasteiger partial charge in [0.05, 0.1) is 4.47 Å². The van der Waals surface area contributed by atoms with Crippen LogP contribution in [-0.4, -0.2) is 12.4 Å². The molecule has 114 valence electrons. The highest BCUT2D eigenvalue weighted by Crippen LogP contribution is 2.32. The van der Waals surface area contributed by atoms with E-state index in [-0.39, 0.29) is 16.3 Å². The van der Waals surface area contributed by atoms with Crippen molar-refractivity contribution in [2.24, 2.45) is 0 Å². The van der Waals surface area contributed by atoms with Crippen LogP contribution in [0.15, 0.2) is 22.7 Å². The molecule has 0 bridgehead atoms. The van der Waals surface area contributed by atoms with Gasteiger partial charge in [0, 0.05) is 11.7 Å². The summed E-state index contributed by atoms with van der Waals surface area (Å²) in [6, 6.07) is 4.76. The Morgan fingerprint density at radius 1 is 1.30 bits per heavy atom. The van der Waals surface area contributed by atoms with Gasteiger partial charge in [0.1, 0.15) is 5.75 Å². The molecule has 1 unspecified atom stereocenters. The third-order valence-electron chi connectivity index (χ3n) is 2.81. The first-order valence-corrected chi connectivity index (χ1v) is 7.43. The Morgan fingerprint density at radius 2 is 2.00 bits per heavy atom. The van der Waals surface area contributed by atoms with Gasteiger partial charge in [-0.15, -0.1) is 13.2 Å². The van der Waals surface area contributed by atoms with Crippen molar-refractivity contribution in [2.75, 3.05) is 5.32 Å². The van der Waals surface area contributed by atoms with Gasteiger partial charge in [0.15, 0.2) is 0 Å². The Morgan fingerprint density at radius 3 is 2.55 bits per heavy atom. The van der Waals surface area contributed by atoms with Gasteiger partial charge >= 0.3 is 6.36 Å². The van der Waals surface area contributed by atoms with Gasteiger partial charge in [-0.1, -0.05) is 26.2 Å². The topological polar surface area (TPSA) is 21.3 Å². The minimum absolute atomic E-state index is 0.235. The van der Waals surface area contributed by atoms with E-state index in [0.29, 0.717) is 0 Å². The summed E-state index contributed by atoms with van der Waals surface area (Å²) in [7, 11) is 0. The third-order valence-corrected chi connectivity index (χ3v) is 3.43. The van der Waals surface area contributed by atoms with E-state index in [1.165, 1.54) is 18.9 Å². The molecule has 0 aliphatic rings. The van der Waals surface area contributed by atoms with Crippen molar-refractivity contribution < 1.29 is 17.9 Å². The van der Waals surface area contributed by atoms with Crippen LogP contribution >= 0.6 is 15.9 Å². The average Bonchev–Trinajstić information content (AvgIpc) is 2.31. The fraction of sp³-hybridized carbons (Fsp3) is 0.571. The summed E-state index contributed by atoms with van der Waals surface area (Å²) < 4.78 is 40.6. The van der Waals surface area contributed by atoms with Gasteiger partial charge in [-0.05, 0) is 47.5 Å². The van der Waals surface area contributed by atoms with Gasteiger partial charge < -0.3 is 10.1 Å². The lowest BCUT2D eigenvalue weighted by Gasteiger charge is -2.16. The van der Waals surface area contributed by atoms with Gasteiger partial charge in [-0.3, -0.25) is 0 Å². The van der Waals surface area contributed by atoms with Gasteiger partial charge in [-0.25, -0.2) is 0 Å². The zero-order valence-corrected chi connectivity index (χ0v) is 13.1. The fourth-order valence-corrected chi connectivity index (χ4v) is 2.32. The lowest BCUT2D eigenvalue weighted by Crippen LogP contribution is -2.18. The highest BCUT2D eigenvalue weighted by molar-refractivity contribution is 9.10. The van der Waals surface area contributed by atoms with E-state index in [1.54, 1.807) is 12.1 Å². The van der Waals surface area contributed by atoms with Crippen molar-refractivity contribution in [3.8, 4) is 5.75 Å². The van der Waals surface area contributed by atoms with Crippen LogP contribution in [0.25, 0.3) is 0 Å². The quantitative estimate of drug-likeness (QED) is 0.632. The fourth-order valence-electron chi connectivity index (χ4n) is 1.86. The number of hydrogen-bond donors (Lipinski definition) is 1. The van der Waals surface area contributed by atoms with Crippen molar-refractivity contribution in [3.05, 3.63) is 22.7 Å². The smallest absolute Gasteiger partial charge is 0.405 e. The van der Waals surface area contributed by atoms with Crippen LogP contribution in [0, 0.1) is 0 Å². The molecule has 1 N–H and O–H groups in total. The molecule has 0 heterocycles. The second-order valence-electron chi connectivity index (χ2n) is 4.73. The van der Waals surface area contributed by atoms with Crippen LogP contribution in [0.4, 0.5) is 18.9 Å². The number of nitrogens with one attached hydrogen (secondary N) is 1. The first kappa shape index (κ1) is 17.1. The van der Waals surface area contributed by atoms with E-state index < -0.39 is 6.36 Å². The molecule has 0 aliphatic carbocycles. The summed E-state index contributed by atoms with van der Waals surface area (Å²) in [6.07, 6.45) is -0.145. The van der Waals surface area contributed by atoms with E-state index in [2.05, 4.69) is 39.8 Å². The molecule has 2 nitrogen and oxygen atoms in total. The molecule has 20 heavy (non-hydrogen) atoms. The molecule has 1 aromatic rings. The molecule has 0 fully saturated rings. The first-order chi connectivity index (χ1) is 9.31. The van der Waals surface area contributed by atoms with E-state index in [0.717, 1.165) is 18.5 Å². The standard InChI is InChI=1S/C14H19BrF3NO/c1-3-4-5-6-10(2)19-11-7-8-13(12(15)9-11)20-14(16,17)18/h7-10,19H,3-6H2,1-2H3. The molecule has 0 aliphatic heterocycles. The molecule has 0 saturated heterocycles. The number of unbranched alkanes of at least 4 members (excludes halogenated alkanes) is 2. The average molecular weight is 354 g/mol. The summed E-state index contributed by atoms with van der Waals surface area (Å²) in [4.78, 5) is 0. The number of ether oxygens (including phenoxy) is 1. The summed E-state index contributed by atoms with van der Waals surface area (Å²) >= 11 is 3.09. The maximum Gasteiger partial charge on any atom is 0.573 e. The first-order valence-electron chi connectivity index (χ1n) is 6.63. The lowest BCUT2D eigenvalue weighted by molar-refractivity contribution is -0.274. The molecule has 0 spiro atoms. The summed E-state index contributed by atoms with van der Waals surface area (Å²) in [5, 5.41) is 3.26. The Hall–Kier alpha value is -0.910. The zero-order valence-electron chi connectivity index (χ0n) is 11.6. The second kappa shape index (κ2) is 7.76. The molecule has 6 heteroatoms. The van der Waals surface area contributed by atoms with Crippen LogP contribution in [0.1, 0.15) is 39.5 Å². The molecule has 0 aromatic heterocycles. The van der Waals surface area contributed by atoms with Crippen molar-refractivity contribution >= 4 is 21.6 Å². The lowest BCUT2D eigenvalue weighted by atomic mass is 10.1. The predicted octanol–water partition coefficient (Wildman–Crippen LogP) is 5.73. The summed E-state index contributed by atoms with van der Waals surface area (Å²) in [5.74, 6) is -0.235. The monoisotopic (exact) mass is 353 g/mol. The Labute approximate surface area is 125 Å². The van der Waals surface area contributed by atoms with Gasteiger partial charge in [0.2, 0.25) is 0 Å². The number of rotatable bonds is 7. The molecule has 1 rings (SSSR count). The van der Waals surface area contributed by atoms with Crippen LogP contribution in [-0.2, 0) is 0 Å². The van der Waals surface area contributed by atoms with Crippen LogP contribution < -0.4 is 10.1 Å². The van der Waals surface area contributed by atoms with Crippen LogP contribution in [0.3, 0.4) is 0 Å². The SMILES string of the molecule is CCCCCC(C)Nc1ccc(OC(F)(F)F)c(Br)c1. The number of benzene rings is 1. The molecular weight excluding hydrogens is 335 g/mol. The molecule has 1 aromatic carbocycles. The van der Waals surface area contributed by atoms with Crippen molar-refractivity contribution in [2.45, 2.75) is 51.9 Å². The second-order valence-corrected chi connectivity index (χ2v) is 5.59. The van der Waals surface area contributed by atoms with E-state index in [4.69, 9.17) is 0 Å². The van der Waals surface area contributed by atoms with Crippen molar-refractivity contribution in [1.82, 2.24) is 0 Å². The maximum atomic E-state index is 12.1. The van der Waals surface area contributed by atoms with E-state index >= 15 is 0 Å². The van der Waals surface area contributed by atoms with Gasteiger partial charge in [0.25, 0.3) is 0 Å². The Kier molecular flexibility index (Phi) is 6.65. The minimum atomic E-state index is -4.68. The van der Waals surface area contributed by atoms with E-state index in [1.807, 2.05) is 0 Å². The number of hydrogen-bond acceptors (Lipinski definition) is 2. The summed E-state index contributed by atoms with van der Waals surface area (Å²) in [5.41, 5.74) is 0.774. The minimum Gasteiger partial charge on any atom is -0.405 e. The molecule has 1 atom stereocenters. The zero-order chi connectivity index (χ0) is 15.2. The third kappa shape index (κ3) is 6.50. The molecule has 0 saturated carbocycles. The van der Waals surface area contributed by atoms with E-state index in [9.17, 15) is 13.2 Å². The Balaban J connectivity index is 2.58. The summed E-state index contributed by atoms with van der Waals surface area (Å²) in [6.45, 7) is 4.21. The largest absolute Gasteiger partial charge is 0.573 e.